The van der Waals surface area contributed by atoms with Gasteiger partial charge in [0, 0.05) is 56.5 Å². The van der Waals surface area contributed by atoms with E-state index < -0.39 is 25.1 Å². The van der Waals surface area contributed by atoms with Crippen LogP contribution in [0.4, 0.5) is 5.69 Å². The molecule has 1 aromatic carbocycles. The highest BCUT2D eigenvalue weighted by Crippen LogP contribution is 2.28. The summed E-state index contributed by atoms with van der Waals surface area (Å²) in [7, 11) is 0. The van der Waals surface area contributed by atoms with E-state index in [9.17, 15) is 9.90 Å². The van der Waals surface area contributed by atoms with Crippen LogP contribution in [0.5, 0.6) is 5.75 Å². The van der Waals surface area contributed by atoms with Crippen LogP contribution in [-0.4, -0.2) is 56.9 Å². The van der Waals surface area contributed by atoms with Crippen molar-refractivity contribution in [2.75, 3.05) is 37.6 Å². The van der Waals surface area contributed by atoms with Gasteiger partial charge in [0.15, 0.2) is 5.65 Å². The van der Waals surface area contributed by atoms with Crippen molar-refractivity contribution < 1.29 is 13.3 Å². The lowest BCUT2D eigenvalue weighted by molar-refractivity contribution is 0.248. The number of nitrogens with zero attached hydrogens (tertiary/aromatic N) is 5. The van der Waals surface area contributed by atoms with Gasteiger partial charge in [-0.1, -0.05) is 17.7 Å². The molecule has 3 aromatic rings. The zero-order valence-electron chi connectivity index (χ0n) is 20.3. The third-order valence-corrected chi connectivity index (χ3v) is 4.68. The Labute approximate surface area is 170 Å². The van der Waals surface area contributed by atoms with E-state index in [0.29, 0.717) is 17.8 Å². The number of phenols is 1. The summed E-state index contributed by atoms with van der Waals surface area (Å²) >= 11 is 5.97. The number of anilines is 1. The fourth-order valence-corrected chi connectivity index (χ4v) is 3.10. The summed E-state index contributed by atoms with van der Waals surface area (Å²) in [6.45, 7) is -4.99. The molecule has 0 atom stereocenters. The number of phenolic OH excluding ortho intramolecular Hbond substituents is 1. The monoisotopic (exact) mass is 393 g/mol. The summed E-state index contributed by atoms with van der Waals surface area (Å²) < 4.78 is 52.2. The smallest absolute Gasteiger partial charge is 0.350 e. The maximum atomic E-state index is 12.7. The van der Waals surface area contributed by atoms with Gasteiger partial charge in [0.2, 0.25) is 0 Å². The molecule has 0 amide bonds. The number of hydrogen-bond donors (Lipinski definition) is 1. The minimum Gasteiger partial charge on any atom is -0.506 e. The SMILES string of the molecule is [2H]C([2H])(N1CCN(c2ccc(O)c(Cl)c2)CC1)C([2H])([2H])C([2H])([2H])n1nc2ccccn2c1=O. The number of fused-ring (bicyclic) bond motifs is 1. The molecule has 1 aliphatic heterocycles. The summed E-state index contributed by atoms with van der Waals surface area (Å²) in [6.07, 6.45) is -1.75. The normalized spacial score (nSPS) is 20.4. The molecule has 1 saturated heterocycles. The first-order chi connectivity index (χ1) is 15.4. The third-order valence-electron chi connectivity index (χ3n) is 4.38. The van der Waals surface area contributed by atoms with Gasteiger partial charge in [-0.15, -0.1) is 5.10 Å². The van der Waals surface area contributed by atoms with E-state index in [-0.39, 0.29) is 29.5 Å². The first-order valence-corrected chi connectivity index (χ1v) is 8.81. The predicted molar refractivity (Wildman–Crippen MR) is 106 cm³/mol. The average molecular weight is 394 g/mol. The van der Waals surface area contributed by atoms with E-state index in [2.05, 4.69) is 5.10 Å². The summed E-state index contributed by atoms with van der Waals surface area (Å²) in [5.74, 6) is -0.0481. The number of piperazine rings is 1. The highest BCUT2D eigenvalue weighted by atomic mass is 35.5. The molecule has 2 aromatic heterocycles. The number of aryl methyl sites for hydroxylation is 1. The van der Waals surface area contributed by atoms with Gasteiger partial charge in [0.1, 0.15) is 5.75 Å². The van der Waals surface area contributed by atoms with Crippen LogP contribution in [0, 0.1) is 0 Å². The van der Waals surface area contributed by atoms with Crippen molar-refractivity contribution in [3.05, 3.63) is 58.1 Å². The Bertz CT molecular complexity index is 1240. The second-order valence-corrected chi connectivity index (χ2v) is 6.49. The van der Waals surface area contributed by atoms with E-state index >= 15 is 0 Å². The molecule has 3 heterocycles. The zero-order chi connectivity index (χ0) is 24.2. The minimum absolute atomic E-state index is 0.0481. The van der Waals surface area contributed by atoms with Crippen molar-refractivity contribution in [3.8, 4) is 5.75 Å². The van der Waals surface area contributed by atoms with Gasteiger partial charge in [0.05, 0.1) is 7.76 Å². The van der Waals surface area contributed by atoms with Gasteiger partial charge in [-0.2, -0.15) is 0 Å². The molecule has 0 spiro atoms. The second-order valence-electron chi connectivity index (χ2n) is 6.08. The van der Waals surface area contributed by atoms with Gasteiger partial charge in [0.25, 0.3) is 0 Å². The molecular formula is C19H22ClN5O2. The predicted octanol–water partition coefficient (Wildman–Crippen LogP) is 2.07. The van der Waals surface area contributed by atoms with E-state index in [1.165, 1.54) is 23.2 Å². The van der Waals surface area contributed by atoms with Gasteiger partial charge in [-0.3, -0.25) is 9.30 Å². The lowest BCUT2D eigenvalue weighted by Gasteiger charge is -2.36. The average Bonchev–Trinajstić information content (AvgIpc) is 3.13. The highest BCUT2D eigenvalue weighted by Gasteiger charge is 2.18. The fraction of sp³-hybridized carbons (Fsp3) is 0.368. The van der Waals surface area contributed by atoms with Gasteiger partial charge < -0.3 is 10.0 Å². The van der Waals surface area contributed by atoms with Crippen LogP contribution in [0.2, 0.25) is 5.02 Å². The molecule has 0 unspecified atom stereocenters. The lowest BCUT2D eigenvalue weighted by Crippen LogP contribution is -2.46. The molecule has 1 aliphatic rings. The molecule has 1 fully saturated rings. The molecular weight excluding hydrogens is 366 g/mol. The zero-order valence-corrected chi connectivity index (χ0v) is 15.1. The molecule has 7 nitrogen and oxygen atoms in total. The molecule has 0 saturated carbocycles. The van der Waals surface area contributed by atoms with E-state index in [0.717, 1.165) is 10.1 Å². The van der Waals surface area contributed by atoms with Crippen molar-refractivity contribution in [1.82, 2.24) is 19.1 Å². The Morgan fingerprint density at radius 3 is 2.70 bits per heavy atom. The molecule has 0 aliphatic carbocycles. The van der Waals surface area contributed by atoms with E-state index in [1.807, 2.05) is 4.90 Å². The van der Waals surface area contributed by atoms with Crippen molar-refractivity contribution in [3.63, 3.8) is 0 Å². The maximum absolute atomic E-state index is 12.7. The highest BCUT2D eigenvalue weighted by molar-refractivity contribution is 6.32. The van der Waals surface area contributed by atoms with Crippen LogP contribution >= 0.6 is 11.6 Å². The van der Waals surface area contributed by atoms with Gasteiger partial charge in [-0.25, -0.2) is 9.48 Å². The van der Waals surface area contributed by atoms with Crippen LogP contribution < -0.4 is 10.6 Å². The Balaban J connectivity index is 1.58. The molecule has 1 N–H and O–H groups in total. The van der Waals surface area contributed by atoms with Crippen LogP contribution in [0.1, 0.15) is 14.6 Å². The van der Waals surface area contributed by atoms with Crippen LogP contribution in [0.15, 0.2) is 47.4 Å². The quantitative estimate of drug-likeness (QED) is 0.718. The number of pyridine rings is 1. The summed E-state index contributed by atoms with van der Waals surface area (Å²) in [5.41, 5.74) is -0.0409. The van der Waals surface area contributed by atoms with Crippen molar-refractivity contribution in [2.24, 2.45) is 0 Å². The largest absolute Gasteiger partial charge is 0.506 e. The van der Waals surface area contributed by atoms with Crippen molar-refractivity contribution >= 4 is 22.9 Å². The molecule has 4 rings (SSSR count). The summed E-state index contributed by atoms with van der Waals surface area (Å²) in [6, 6.07) is 9.38. The van der Waals surface area contributed by atoms with E-state index in [4.69, 9.17) is 19.8 Å². The third kappa shape index (κ3) is 3.79. The lowest BCUT2D eigenvalue weighted by atomic mass is 10.2. The van der Waals surface area contributed by atoms with Crippen LogP contribution in [0.3, 0.4) is 0 Å². The maximum Gasteiger partial charge on any atom is 0.350 e. The number of aromatic hydroxyl groups is 1. The summed E-state index contributed by atoms with van der Waals surface area (Å²) in [5, 5.41) is 13.7. The Morgan fingerprint density at radius 1 is 1.15 bits per heavy atom. The molecule has 142 valence electrons. The Morgan fingerprint density at radius 2 is 1.96 bits per heavy atom. The second kappa shape index (κ2) is 7.62. The fourth-order valence-electron chi connectivity index (χ4n) is 2.92. The Hall–Kier alpha value is -2.51. The minimum atomic E-state index is -3.13. The van der Waals surface area contributed by atoms with Gasteiger partial charge >= 0.3 is 5.69 Å². The number of benzene rings is 1. The van der Waals surface area contributed by atoms with E-state index in [1.54, 1.807) is 24.3 Å². The molecule has 0 bridgehead atoms. The number of aromatic nitrogens is 3. The number of rotatable bonds is 5. The topological polar surface area (TPSA) is 66.0 Å². The van der Waals surface area contributed by atoms with Crippen molar-refractivity contribution in [1.29, 1.82) is 0 Å². The summed E-state index contributed by atoms with van der Waals surface area (Å²) in [4.78, 5) is 15.8. The van der Waals surface area contributed by atoms with Crippen LogP contribution in [-0.2, 0) is 6.50 Å². The molecule has 0 radical (unpaired) electrons. The van der Waals surface area contributed by atoms with Crippen molar-refractivity contribution in [2.45, 2.75) is 12.9 Å². The van der Waals surface area contributed by atoms with Crippen LogP contribution in [0.25, 0.3) is 5.65 Å². The molecule has 8 heteroatoms. The number of halogens is 1. The number of hydrogen-bond acceptors (Lipinski definition) is 5. The first kappa shape index (κ1) is 12.0. The van der Waals surface area contributed by atoms with Gasteiger partial charge in [-0.05, 0) is 36.7 Å². The Kier molecular flexibility index (Phi) is 3.40. The standard InChI is InChI=1S/C19H22ClN5O2/c20-16-14-15(5-6-17(16)26)23-12-10-22(11-13-23)7-3-9-25-19(27)24-8-2-1-4-18(24)21-25/h1-2,4-6,8,14,26H,3,7,9-13H2/i3D2,7D2,9D2. The molecule has 27 heavy (non-hydrogen) atoms. The first-order valence-electron chi connectivity index (χ1n) is 11.4.